The molecule has 1 unspecified atom stereocenters. The van der Waals surface area contributed by atoms with Crippen LogP contribution in [0.3, 0.4) is 0 Å². The van der Waals surface area contributed by atoms with Gasteiger partial charge in [0.15, 0.2) is 0 Å². The van der Waals surface area contributed by atoms with E-state index in [-0.39, 0.29) is 5.56 Å². The lowest BCUT2D eigenvalue weighted by Crippen LogP contribution is -2.48. The Morgan fingerprint density at radius 3 is 1.94 bits per heavy atom. The highest BCUT2D eigenvalue weighted by molar-refractivity contribution is 6.19. The van der Waals surface area contributed by atoms with E-state index in [2.05, 4.69) is 13.8 Å². The maximum Gasteiger partial charge on any atom is 0.133 e. The highest BCUT2D eigenvalue weighted by atomic mass is 35.5. The molecule has 0 saturated heterocycles. The van der Waals surface area contributed by atoms with Crippen molar-refractivity contribution in [2.45, 2.75) is 57.9 Å². The zero-order valence-corrected chi connectivity index (χ0v) is 11.9. The summed E-state index contributed by atoms with van der Waals surface area (Å²) in [5.74, 6) is 3.46. The van der Waals surface area contributed by atoms with E-state index in [4.69, 9.17) is 16.3 Å². The molecule has 4 bridgehead atoms. The maximum absolute atomic E-state index is 6.23. The fourth-order valence-corrected chi connectivity index (χ4v) is 4.98. The summed E-state index contributed by atoms with van der Waals surface area (Å²) in [4.78, 5) is 0. The molecule has 4 fully saturated rings. The van der Waals surface area contributed by atoms with E-state index in [9.17, 15) is 0 Å². The van der Waals surface area contributed by atoms with Crippen LogP contribution < -0.4 is 0 Å². The van der Waals surface area contributed by atoms with Crippen LogP contribution >= 0.6 is 11.6 Å². The quantitative estimate of drug-likeness (QED) is 0.676. The molecule has 1 atom stereocenters. The molecular formula is C15H25ClO. The Morgan fingerprint density at radius 1 is 1.06 bits per heavy atom. The Bertz CT molecular complexity index is 251. The molecule has 4 aliphatic rings. The van der Waals surface area contributed by atoms with Gasteiger partial charge in [-0.3, -0.25) is 0 Å². The second-order valence-electron chi connectivity index (χ2n) is 7.32. The third-order valence-corrected chi connectivity index (χ3v) is 5.87. The lowest BCUT2D eigenvalue weighted by atomic mass is 9.50. The van der Waals surface area contributed by atoms with Crippen molar-refractivity contribution in [3.8, 4) is 0 Å². The standard InChI is InChI=1S/C15H25ClO/c1-10(2)14(16)17-9-15-6-11-3-12(7-15)5-13(4-11)8-15/h10-14H,3-9H2,1-2H3. The number of ether oxygens (including phenoxy) is 1. The first-order valence-corrected chi connectivity index (χ1v) is 7.76. The van der Waals surface area contributed by atoms with E-state index in [0.717, 1.165) is 24.4 Å². The van der Waals surface area contributed by atoms with Gasteiger partial charge < -0.3 is 4.74 Å². The third kappa shape index (κ3) is 2.38. The highest BCUT2D eigenvalue weighted by Crippen LogP contribution is 2.60. The van der Waals surface area contributed by atoms with Crippen molar-refractivity contribution in [2.75, 3.05) is 6.61 Å². The molecule has 4 rings (SSSR count). The molecule has 0 aromatic heterocycles. The predicted molar refractivity (Wildman–Crippen MR) is 71.0 cm³/mol. The molecule has 1 nitrogen and oxygen atoms in total. The van der Waals surface area contributed by atoms with E-state index >= 15 is 0 Å². The smallest absolute Gasteiger partial charge is 0.133 e. The first-order chi connectivity index (χ1) is 8.06. The average molecular weight is 257 g/mol. The fourth-order valence-electron chi connectivity index (χ4n) is 4.92. The summed E-state index contributed by atoms with van der Waals surface area (Å²) in [5, 5.41) is 0. The Hall–Kier alpha value is 0.250. The van der Waals surface area contributed by atoms with Crippen molar-refractivity contribution in [3.63, 3.8) is 0 Å². The normalized spacial score (nSPS) is 45.5. The van der Waals surface area contributed by atoms with Crippen molar-refractivity contribution >= 4 is 11.6 Å². The summed E-state index contributed by atoms with van der Waals surface area (Å²) in [6, 6.07) is 0. The minimum atomic E-state index is -0.0944. The number of hydrogen-bond donors (Lipinski definition) is 0. The number of rotatable bonds is 4. The Kier molecular flexibility index (Phi) is 3.19. The van der Waals surface area contributed by atoms with Crippen LogP contribution in [0.25, 0.3) is 0 Å². The van der Waals surface area contributed by atoms with Crippen LogP contribution in [0.4, 0.5) is 0 Å². The van der Waals surface area contributed by atoms with Gasteiger partial charge in [-0.05, 0) is 67.6 Å². The van der Waals surface area contributed by atoms with E-state index in [1.54, 1.807) is 0 Å². The van der Waals surface area contributed by atoms with Crippen molar-refractivity contribution in [1.29, 1.82) is 0 Å². The van der Waals surface area contributed by atoms with Crippen LogP contribution in [0.5, 0.6) is 0 Å². The predicted octanol–water partition coefficient (Wildman–Crippen LogP) is 4.44. The van der Waals surface area contributed by atoms with Gasteiger partial charge in [-0.25, -0.2) is 0 Å². The largest absolute Gasteiger partial charge is 0.362 e. The monoisotopic (exact) mass is 256 g/mol. The second kappa shape index (κ2) is 4.42. The Morgan fingerprint density at radius 2 is 1.53 bits per heavy atom. The molecule has 0 aromatic rings. The van der Waals surface area contributed by atoms with Gasteiger partial charge in [0.1, 0.15) is 5.56 Å². The van der Waals surface area contributed by atoms with Gasteiger partial charge >= 0.3 is 0 Å². The average Bonchev–Trinajstić information content (AvgIpc) is 2.24. The molecular weight excluding hydrogens is 232 g/mol. The molecule has 0 aliphatic heterocycles. The van der Waals surface area contributed by atoms with Crippen molar-refractivity contribution in [2.24, 2.45) is 29.1 Å². The number of alkyl halides is 1. The summed E-state index contributed by atoms with van der Waals surface area (Å²) < 4.78 is 5.95. The SMILES string of the molecule is CC(C)C(Cl)OCC12CC3CC(CC(C3)C1)C2. The molecule has 0 aromatic carbocycles. The topological polar surface area (TPSA) is 9.23 Å². The Balaban J connectivity index is 1.62. The van der Waals surface area contributed by atoms with Crippen LogP contribution in [0, 0.1) is 29.1 Å². The molecule has 17 heavy (non-hydrogen) atoms. The van der Waals surface area contributed by atoms with Gasteiger partial charge in [-0.1, -0.05) is 25.4 Å². The van der Waals surface area contributed by atoms with E-state index in [1.807, 2.05) is 0 Å². The van der Waals surface area contributed by atoms with Gasteiger partial charge in [0.2, 0.25) is 0 Å². The minimum absolute atomic E-state index is 0.0944. The van der Waals surface area contributed by atoms with E-state index < -0.39 is 0 Å². The molecule has 0 heterocycles. The van der Waals surface area contributed by atoms with Gasteiger partial charge in [0.25, 0.3) is 0 Å². The summed E-state index contributed by atoms with van der Waals surface area (Å²) >= 11 is 6.23. The van der Waals surface area contributed by atoms with Gasteiger partial charge in [-0.2, -0.15) is 0 Å². The molecule has 0 radical (unpaired) electrons. The van der Waals surface area contributed by atoms with Crippen molar-refractivity contribution in [1.82, 2.24) is 0 Å². The molecule has 0 amide bonds. The lowest BCUT2D eigenvalue weighted by Gasteiger charge is -2.56. The molecule has 0 spiro atoms. The molecule has 4 aliphatic carbocycles. The zero-order chi connectivity index (χ0) is 12.0. The highest BCUT2D eigenvalue weighted by Gasteiger charge is 2.51. The van der Waals surface area contributed by atoms with Crippen LogP contribution in [0.15, 0.2) is 0 Å². The second-order valence-corrected chi connectivity index (χ2v) is 7.75. The number of halogens is 1. The van der Waals surface area contributed by atoms with Crippen LogP contribution in [-0.4, -0.2) is 12.2 Å². The molecule has 4 saturated carbocycles. The summed E-state index contributed by atoms with van der Waals surface area (Å²) in [5.41, 5.74) is 0.416. The zero-order valence-electron chi connectivity index (χ0n) is 11.1. The van der Waals surface area contributed by atoms with Crippen molar-refractivity contribution in [3.05, 3.63) is 0 Å². The van der Waals surface area contributed by atoms with Gasteiger partial charge in [0, 0.05) is 0 Å². The number of hydrogen-bond acceptors (Lipinski definition) is 1. The first-order valence-electron chi connectivity index (χ1n) is 7.32. The molecule has 98 valence electrons. The van der Waals surface area contributed by atoms with E-state index in [1.165, 1.54) is 38.5 Å². The van der Waals surface area contributed by atoms with Crippen LogP contribution in [0.2, 0.25) is 0 Å². The summed E-state index contributed by atoms with van der Waals surface area (Å²) in [6.45, 7) is 5.19. The Labute approximate surface area is 110 Å². The van der Waals surface area contributed by atoms with Gasteiger partial charge in [-0.15, -0.1) is 0 Å². The molecule has 2 heteroatoms. The third-order valence-electron chi connectivity index (χ3n) is 5.24. The first kappa shape index (κ1) is 12.3. The fraction of sp³-hybridized carbons (Fsp3) is 1.00. The van der Waals surface area contributed by atoms with Crippen LogP contribution in [0.1, 0.15) is 52.4 Å². The maximum atomic E-state index is 6.23. The molecule has 0 N–H and O–H groups in total. The summed E-state index contributed by atoms with van der Waals surface area (Å²) in [7, 11) is 0. The van der Waals surface area contributed by atoms with Crippen molar-refractivity contribution < 1.29 is 4.74 Å². The minimum Gasteiger partial charge on any atom is -0.362 e. The lowest BCUT2D eigenvalue weighted by molar-refractivity contribution is -0.105. The van der Waals surface area contributed by atoms with Gasteiger partial charge in [0.05, 0.1) is 6.61 Å². The summed E-state index contributed by atoms with van der Waals surface area (Å²) in [6.07, 6.45) is 8.78. The van der Waals surface area contributed by atoms with E-state index in [0.29, 0.717) is 11.3 Å². The van der Waals surface area contributed by atoms with Crippen LogP contribution in [-0.2, 0) is 4.74 Å².